The highest BCUT2D eigenvalue weighted by Gasteiger charge is 2.27. The number of H-pyrrole nitrogens is 1. The second-order valence-electron chi connectivity index (χ2n) is 11.4. The molecular weight excluding hydrogens is 540 g/mol. The van der Waals surface area contributed by atoms with Crippen LogP contribution in [0, 0.1) is 0 Å². The second-order valence-corrected chi connectivity index (χ2v) is 11.4. The van der Waals surface area contributed by atoms with E-state index in [1.54, 1.807) is 0 Å². The van der Waals surface area contributed by atoms with Crippen LogP contribution in [0.5, 0.6) is 23.0 Å². The van der Waals surface area contributed by atoms with Crippen molar-refractivity contribution in [1.82, 2.24) is 9.55 Å². The molecule has 1 aliphatic heterocycles. The maximum Gasteiger partial charge on any atom is 0.194 e. The highest BCUT2D eigenvalue weighted by molar-refractivity contribution is 6.14. The lowest BCUT2D eigenvalue weighted by atomic mass is 9.98. The van der Waals surface area contributed by atoms with Crippen molar-refractivity contribution < 1.29 is 9.47 Å². The molecule has 44 heavy (non-hydrogen) atoms. The number of nitrogens with one attached hydrogen (secondary N) is 1. The topological polar surface area (TPSA) is 39.2 Å². The largest absolute Gasteiger partial charge is 0.449 e. The fourth-order valence-corrected chi connectivity index (χ4v) is 6.92. The summed E-state index contributed by atoms with van der Waals surface area (Å²) in [6.07, 6.45) is 0. The first-order valence-electron chi connectivity index (χ1n) is 14.9. The normalized spacial score (nSPS) is 12.5. The number of nitrogens with zero attached hydrogens (tertiary/aromatic N) is 1. The molecule has 0 radical (unpaired) electrons. The number of aromatic nitrogens is 2. The van der Waals surface area contributed by atoms with Gasteiger partial charge in [0.25, 0.3) is 0 Å². The molecule has 0 bridgehead atoms. The number of fused-ring (bicyclic) bond motifs is 10. The van der Waals surface area contributed by atoms with Crippen LogP contribution in [0.1, 0.15) is 0 Å². The third-order valence-corrected chi connectivity index (χ3v) is 8.96. The van der Waals surface area contributed by atoms with E-state index in [9.17, 15) is 0 Å². The summed E-state index contributed by atoms with van der Waals surface area (Å²) in [4.78, 5) is 3.60. The van der Waals surface area contributed by atoms with Crippen LogP contribution in [0.25, 0.3) is 71.2 Å². The van der Waals surface area contributed by atoms with E-state index in [1.807, 2.05) is 24.3 Å². The van der Waals surface area contributed by atoms with Gasteiger partial charge in [0.15, 0.2) is 23.0 Å². The molecule has 0 unspecified atom stereocenters. The summed E-state index contributed by atoms with van der Waals surface area (Å²) in [6.45, 7) is 0. The molecule has 3 heterocycles. The first-order valence-corrected chi connectivity index (χ1v) is 14.9. The van der Waals surface area contributed by atoms with Gasteiger partial charge in [-0.1, -0.05) is 84.9 Å². The Balaban J connectivity index is 1.25. The molecule has 4 heteroatoms. The fourth-order valence-electron chi connectivity index (χ4n) is 6.92. The van der Waals surface area contributed by atoms with E-state index in [1.165, 1.54) is 27.1 Å². The third kappa shape index (κ3) is 3.28. The number of ether oxygens (including phenoxy) is 2. The Morgan fingerprint density at radius 1 is 0.477 bits per heavy atom. The van der Waals surface area contributed by atoms with Gasteiger partial charge >= 0.3 is 0 Å². The molecule has 0 fully saturated rings. The van der Waals surface area contributed by atoms with Gasteiger partial charge in [0.2, 0.25) is 0 Å². The highest BCUT2D eigenvalue weighted by Crippen LogP contribution is 2.54. The fraction of sp³-hybridized carbons (Fsp3) is 0. The maximum atomic E-state index is 6.63. The zero-order valence-corrected chi connectivity index (χ0v) is 23.5. The summed E-state index contributed by atoms with van der Waals surface area (Å²) in [5.74, 6) is 2.86. The van der Waals surface area contributed by atoms with E-state index < -0.39 is 0 Å². The van der Waals surface area contributed by atoms with Gasteiger partial charge in [-0.2, -0.15) is 0 Å². The molecule has 0 spiro atoms. The lowest BCUT2D eigenvalue weighted by Gasteiger charge is -2.23. The van der Waals surface area contributed by atoms with E-state index in [2.05, 4.69) is 125 Å². The number of para-hydroxylation sites is 4. The van der Waals surface area contributed by atoms with E-state index >= 15 is 0 Å². The Morgan fingerprint density at radius 2 is 1.18 bits per heavy atom. The van der Waals surface area contributed by atoms with Crippen molar-refractivity contribution >= 4 is 54.4 Å². The minimum Gasteiger partial charge on any atom is -0.449 e. The number of aromatic amines is 1. The zero-order valence-electron chi connectivity index (χ0n) is 23.5. The van der Waals surface area contributed by atoms with Crippen LogP contribution >= 0.6 is 0 Å². The minimum atomic E-state index is 0.714. The standard InChI is InChI=1S/C40H24N2O2/c1-2-10-25-21-27(19-17-24(25)9-1)42-34-14-6-4-12-29(34)31-22-26(18-20-35(31)42)30-23-32-28-11-3-5-13-33(28)41-38(32)40-39(30)43-36-15-7-8-16-37(36)44-40/h1-23,41H. The van der Waals surface area contributed by atoms with Gasteiger partial charge in [-0.05, 0) is 70.9 Å². The molecule has 0 saturated carbocycles. The van der Waals surface area contributed by atoms with Crippen LogP contribution in [0.4, 0.5) is 0 Å². The van der Waals surface area contributed by atoms with Gasteiger partial charge in [0.1, 0.15) is 0 Å². The molecular formula is C40H24N2O2. The maximum absolute atomic E-state index is 6.63. The predicted octanol–water partition coefficient (Wildman–Crippen LogP) is 11.1. The van der Waals surface area contributed by atoms with E-state index in [-0.39, 0.29) is 0 Å². The smallest absolute Gasteiger partial charge is 0.194 e. The number of hydrogen-bond donors (Lipinski definition) is 1. The monoisotopic (exact) mass is 564 g/mol. The van der Waals surface area contributed by atoms with Crippen molar-refractivity contribution in [2.45, 2.75) is 0 Å². The van der Waals surface area contributed by atoms with Crippen LogP contribution in [-0.4, -0.2) is 9.55 Å². The van der Waals surface area contributed by atoms with Gasteiger partial charge in [0, 0.05) is 38.3 Å². The summed E-state index contributed by atoms with van der Waals surface area (Å²) >= 11 is 0. The average molecular weight is 565 g/mol. The quantitative estimate of drug-likeness (QED) is 0.227. The Hall–Kier alpha value is -6.00. The average Bonchev–Trinajstić information content (AvgIpc) is 3.62. The van der Waals surface area contributed by atoms with Crippen LogP contribution < -0.4 is 9.47 Å². The molecule has 0 amide bonds. The van der Waals surface area contributed by atoms with Crippen molar-refractivity contribution in [2.75, 3.05) is 0 Å². The molecule has 1 aliphatic rings. The van der Waals surface area contributed by atoms with Crippen molar-refractivity contribution in [3.05, 3.63) is 140 Å². The van der Waals surface area contributed by atoms with Crippen LogP contribution in [0.3, 0.4) is 0 Å². The van der Waals surface area contributed by atoms with Crippen molar-refractivity contribution in [3.63, 3.8) is 0 Å². The van der Waals surface area contributed by atoms with Crippen molar-refractivity contribution in [3.8, 4) is 39.8 Å². The molecule has 0 aliphatic carbocycles. The molecule has 2 aromatic heterocycles. The molecule has 206 valence electrons. The van der Waals surface area contributed by atoms with Crippen LogP contribution in [0.2, 0.25) is 0 Å². The highest BCUT2D eigenvalue weighted by atomic mass is 16.6. The van der Waals surface area contributed by atoms with Gasteiger partial charge in [0.05, 0.1) is 16.6 Å². The Kier molecular flexibility index (Phi) is 4.69. The predicted molar refractivity (Wildman–Crippen MR) is 180 cm³/mol. The second kappa shape index (κ2) is 8.76. The van der Waals surface area contributed by atoms with Gasteiger partial charge in [-0.3, -0.25) is 0 Å². The first-order chi connectivity index (χ1) is 21.8. The van der Waals surface area contributed by atoms with Crippen molar-refractivity contribution in [2.24, 2.45) is 0 Å². The Labute approximate surface area is 252 Å². The summed E-state index contributed by atoms with van der Waals surface area (Å²) in [5.41, 5.74) is 7.56. The van der Waals surface area contributed by atoms with E-state index in [0.717, 1.165) is 49.9 Å². The first kappa shape index (κ1) is 23.6. The Bertz CT molecular complexity index is 2620. The number of hydrogen-bond acceptors (Lipinski definition) is 2. The third-order valence-electron chi connectivity index (χ3n) is 8.96. The number of benzene rings is 7. The van der Waals surface area contributed by atoms with Crippen molar-refractivity contribution in [1.29, 1.82) is 0 Å². The SMILES string of the molecule is c1ccc2c(c1)Oc1c(-c3ccc4c(c3)c3ccccc3n4-c3ccc4ccccc4c3)cc3c([nH]c4ccccc43)c1O2. The van der Waals surface area contributed by atoms with E-state index in [0.29, 0.717) is 17.2 Å². The molecule has 0 atom stereocenters. The number of rotatable bonds is 2. The van der Waals surface area contributed by atoms with Crippen LogP contribution in [-0.2, 0) is 0 Å². The zero-order chi connectivity index (χ0) is 28.8. The summed E-state index contributed by atoms with van der Waals surface area (Å²) in [5, 5.41) is 7.13. The lowest BCUT2D eigenvalue weighted by Crippen LogP contribution is -2.01. The molecule has 9 aromatic rings. The van der Waals surface area contributed by atoms with Gasteiger partial charge in [-0.25, -0.2) is 0 Å². The lowest BCUT2D eigenvalue weighted by molar-refractivity contribution is 0.364. The molecule has 10 rings (SSSR count). The molecule has 1 N–H and O–H groups in total. The molecule has 7 aromatic carbocycles. The van der Waals surface area contributed by atoms with Gasteiger partial charge < -0.3 is 19.0 Å². The molecule has 0 saturated heterocycles. The summed E-state index contributed by atoms with van der Waals surface area (Å²) in [7, 11) is 0. The van der Waals surface area contributed by atoms with Crippen LogP contribution in [0.15, 0.2) is 140 Å². The Morgan fingerprint density at radius 3 is 2.07 bits per heavy atom. The van der Waals surface area contributed by atoms with Gasteiger partial charge in [-0.15, -0.1) is 0 Å². The minimum absolute atomic E-state index is 0.714. The molecule has 4 nitrogen and oxygen atoms in total. The summed E-state index contributed by atoms with van der Waals surface area (Å²) in [6, 6.07) is 49.1. The van der Waals surface area contributed by atoms with E-state index in [4.69, 9.17) is 9.47 Å². The summed E-state index contributed by atoms with van der Waals surface area (Å²) < 4.78 is 15.6.